The molecule has 2 rings (SSSR count). The van der Waals surface area contributed by atoms with Crippen molar-refractivity contribution < 1.29 is 19.4 Å². The van der Waals surface area contributed by atoms with Crippen LogP contribution in [0.5, 0.6) is 5.75 Å². The Morgan fingerprint density at radius 1 is 1.39 bits per heavy atom. The number of ether oxygens (including phenoxy) is 2. The van der Waals surface area contributed by atoms with Gasteiger partial charge in [0, 0.05) is 17.7 Å². The Morgan fingerprint density at radius 3 is 2.83 bits per heavy atom. The van der Waals surface area contributed by atoms with Crippen LogP contribution in [0.4, 0.5) is 4.79 Å². The molecule has 0 fully saturated rings. The van der Waals surface area contributed by atoms with Crippen LogP contribution >= 0.6 is 11.6 Å². The number of carboxylic acid groups (broad SMARTS) is 1. The maximum Gasteiger partial charge on any atom is 0.432 e. The molecule has 2 aromatic rings. The topological polar surface area (TPSA) is 73.6 Å². The van der Waals surface area contributed by atoms with Crippen LogP contribution in [0, 0.1) is 0 Å². The lowest BCUT2D eigenvalue weighted by Gasteiger charge is -2.11. The number of unbranched alkanes of at least 4 members (excludes halogenated alkanes) is 1. The molecule has 6 nitrogen and oxygen atoms in total. The monoisotopic (exact) mass is 338 g/mol. The van der Waals surface area contributed by atoms with E-state index in [9.17, 15) is 9.90 Å². The van der Waals surface area contributed by atoms with Crippen molar-refractivity contribution in [3.05, 3.63) is 35.0 Å². The van der Waals surface area contributed by atoms with Crippen LogP contribution < -0.4 is 4.74 Å². The van der Waals surface area contributed by atoms with Gasteiger partial charge >= 0.3 is 6.09 Å². The first-order chi connectivity index (χ1) is 11.1. The van der Waals surface area contributed by atoms with Crippen LogP contribution in [0.15, 0.2) is 24.3 Å². The second kappa shape index (κ2) is 7.99. The second-order valence-corrected chi connectivity index (χ2v) is 5.45. The molecule has 0 amide bonds. The fourth-order valence-electron chi connectivity index (χ4n) is 2.20. The van der Waals surface area contributed by atoms with E-state index in [-0.39, 0.29) is 6.79 Å². The zero-order chi connectivity index (χ0) is 16.8. The Kier molecular flexibility index (Phi) is 6.01. The Hall–Kier alpha value is -2.05. The van der Waals surface area contributed by atoms with Crippen molar-refractivity contribution in [2.75, 3.05) is 13.9 Å². The molecule has 0 aliphatic heterocycles. The predicted molar refractivity (Wildman–Crippen MR) is 87.2 cm³/mol. The Bertz CT molecular complexity index is 685. The molecule has 0 atom stereocenters. The minimum Gasteiger partial charge on any atom is -0.467 e. The van der Waals surface area contributed by atoms with Gasteiger partial charge in [-0.3, -0.25) is 0 Å². The largest absolute Gasteiger partial charge is 0.467 e. The highest BCUT2D eigenvalue weighted by molar-refractivity contribution is 6.30. The van der Waals surface area contributed by atoms with Gasteiger partial charge in [-0.1, -0.05) is 24.9 Å². The third-order valence-electron chi connectivity index (χ3n) is 3.28. The van der Waals surface area contributed by atoms with Crippen molar-refractivity contribution in [3.63, 3.8) is 0 Å². The zero-order valence-electron chi connectivity index (χ0n) is 13.1. The summed E-state index contributed by atoms with van der Waals surface area (Å²) < 4.78 is 11.4. The van der Waals surface area contributed by atoms with Gasteiger partial charge in [0.05, 0.1) is 11.4 Å². The molecule has 0 bridgehead atoms. The van der Waals surface area contributed by atoms with Crippen LogP contribution in [-0.4, -0.2) is 34.9 Å². The van der Waals surface area contributed by atoms with Gasteiger partial charge in [-0.25, -0.2) is 4.79 Å². The average molecular weight is 339 g/mol. The lowest BCUT2D eigenvalue weighted by atomic mass is 10.1. The first-order valence-corrected chi connectivity index (χ1v) is 7.68. The first kappa shape index (κ1) is 17.3. The van der Waals surface area contributed by atoms with Crippen molar-refractivity contribution >= 4 is 17.7 Å². The van der Waals surface area contributed by atoms with E-state index < -0.39 is 6.09 Å². The lowest BCUT2D eigenvalue weighted by Crippen LogP contribution is -2.12. The van der Waals surface area contributed by atoms with E-state index >= 15 is 0 Å². The standard InChI is InChI=1S/C16H19ClN2O4/c1-3-4-5-12-9-14(19(18-12)16(20)21)13-7-6-11(17)8-15(13)23-10-22-2/h6-9H,3-5,10H2,1-2H3,(H,20,21). The third-order valence-corrected chi connectivity index (χ3v) is 3.51. The highest BCUT2D eigenvalue weighted by Gasteiger charge is 2.18. The van der Waals surface area contributed by atoms with Crippen LogP contribution in [0.1, 0.15) is 25.5 Å². The molecule has 0 saturated carbocycles. The fourth-order valence-corrected chi connectivity index (χ4v) is 2.36. The van der Waals surface area contributed by atoms with Gasteiger partial charge in [-0.05, 0) is 37.1 Å². The quantitative estimate of drug-likeness (QED) is 0.771. The van der Waals surface area contributed by atoms with Gasteiger partial charge < -0.3 is 14.6 Å². The summed E-state index contributed by atoms with van der Waals surface area (Å²) in [5, 5.41) is 14.1. The molecule has 1 aromatic carbocycles. The van der Waals surface area contributed by atoms with E-state index in [1.54, 1.807) is 24.3 Å². The minimum absolute atomic E-state index is 0.0389. The van der Waals surface area contributed by atoms with Gasteiger partial charge in [0.1, 0.15) is 5.75 Å². The van der Waals surface area contributed by atoms with Gasteiger partial charge in [-0.15, -0.1) is 0 Å². The summed E-state index contributed by atoms with van der Waals surface area (Å²) in [4.78, 5) is 11.5. The average Bonchev–Trinajstić information content (AvgIpc) is 2.95. The number of hydrogen-bond donors (Lipinski definition) is 1. The van der Waals surface area contributed by atoms with Crippen molar-refractivity contribution in [3.8, 4) is 17.0 Å². The number of nitrogens with zero attached hydrogens (tertiary/aromatic N) is 2. The summed E-state index contributed by atoms with van der Waals surface area (Å²) in [6.07, 6.45) is 1.55. The van der Waals surface area contributed by atoms with Gasteiger partial charge in [0.25, 0.3) is 0 Å². The van der Waals surface area contributed by atoms with Gasteiger partial charge in [0.15, 0.2) is 6.79 Å². The highest BCUT2D eigenvalue weighted by atomic mass is 35.5. The Labute approximate surface area is 139 Å². The number of methoxy groups -OCH3 is 1. The number of carbonyl (C=O) groups is 1. The van der Waals surface area contributed by atoms with Crippen LogP contribution in [0.3, 0.4) is 0 Å². The smallest absolute Gasteiger partial charge is 0.432 e. The molecule has 0 unspecified atom stereocenters. The van der Waals surface area contributed by atoms with E-state index in [0.717, 1.165) is 29.6 Å². The summed E-state index contributed by atoms with van der Waals surface area (Å²) in [6.45, 7) is 2.11. The van der Waals surface area contributed by atoms with Crippen LogP contribution in [0.25, 0.3) is 11.3 Å². The number of aromatic nitrogens is 2. The number of benzene rings is 1. The van der Waals surface area contributed by atoms with E-state index in [1.807, 2.05) is 0 Å². The molecule has 1 aromatic heterocycles. The number of rotatable bonds is 7. The number of aryl methyl sites for hydroxylation is 1. The number of halogens is 1. The van der Waals surface area contributed by atoms with E-state index in [4.69, 9.17) is 21.1 Å². The first-order valence-electron chi connectivity index (χ1n) is 7.30. The summed E-state index contributed by atoms with van der Waals surface area (Å²) in [5.74, 6) is 0.448. The van der Waals surface area contributed by atoms with Gasteiger partial charge in [0.2, 0.25) is 0 Å². The Balaban J connectivity index is 2.47. The molecule has 0 aliphatic rings. The van der Waals surface area contributed by atoms with E-state index in [0.29, 0.717) is 22.0 Å². The molecule has 1 N–H and O–H groups in total. The predicted octanol–water partition coefficient (Wildman–Crippen LogP) is 4.05. The van der Waals surface area contributed by atoms with E-state index in [1.165, 1.54) is 7.11 Å². The molecule has 0 aliphatic carbocycles. The summed E-state index contributed by atoms with van der Waals surface area (Å²) in [5.41, 5.74) is 1.78. The molecule has 0 spiro atoms. The van der Waals surface area contributed by atoms with Crippen molar-refractivity contribution in [2.24, 2.45) is 0 Å². The molecule has 23 heavy (non-hydrogen) atoms. The van der Waals surface area contributed by atoms with Gasteiger partial charge in [-0.2, -0.15) is 9.78 Å². The molecule has 0 saturated heterocycles. The molecule has 1 heterocycles. The van der Waals surface area contributed by atoms with Crippen LogP contribution in [0.2, 0.25) is 5.02 Å². The van der Waals surface area contributed by atoms with Crippen LogP contribution in [-0.2, 0) is 11.2 Å². The maximum atomic E-state index is 11.5. The zero-order valence-corrected chi connectivity index (χ0v) is 13.8. The summed E-state index contributed by atoms with van der Waals surface area (Å²) >= 11 is 6.00. The second-order valence-electron chi connectivity index (χ2n) is 5.01. The number of hydrogen-bond acceptors (Lipinski definition) is 4. The molecular weight excluding hydrogens is 320 g/mol. The van der Waals surface area contributed by atoms with Crippen molar-refractivity contribution in [1.82, 2.24) is 9.78 Å². The molecule has 0 radical (unpaired) electrons. The minimum atomic E-state index is -1.14. The maximum absolute atomic E-state index is 11.5. The normalized spacial score (nSPS) is 10.7. The van der Waals surface area contributed by atoms with E-state index in [2.05, 4.69) is 12.0 Å². The molecular formula is C16H19ClN2O4. The summed E-state index contributed by atoms with van der Waals surface area (Å²) in [7, 11) is 1.51. The summed E-state index contributed by atoms with van der Waals surface area (Å²) in [6, 6.07) is 6.79. The highest BCUT2D eigenvalue weighted by Crippen LogP contribution is 2.33. The molecule has 124 valence electrons. The van der Waals surface area contributed by atoms with Crippen molar-refractivity contribution in [2.45, 2.75) is 26.2 Å². The lowest BCUT2D eigenvalue weighted by molar-refractivity contribution is 0.0515. The third kappa shape index (κ3) is 4.24. The SMILES string of the molecule is CCCCc1cc(-c2ccc(Cl)cc2OCOC)n(C(=O)O)n1. The fraction of sp³-hybridized carbons (Fsp3) is 0.375. The molecule has 7 heteroatoms. The Morgan fingerprint density at radius 2 is 2.17 bits per heavy atom. The van der Waals surface area contributed by atoms with Crippen molar-refractivity contribution in [1.29, 1.82) is 0 Å².